The zero-order chi connectivity index (χ0) is 14.2. The Morgan fingerprint density at radius 2 is 2.35 bits per heavy atom. The second-order valence-electron chi connectivity index (χ2n) is 5.86. The van der Waals surface area contributed by atoms with Crippen LogP contribution in [0.15, 0.2) is 29.2 Å². The van der Waals surface area contributed by atoms with E-state index in [2.05, 4.69) is 22.5 Å². The maximum absolute atomic E-state index is 12.1. The maximum Gasteiger partial charge on any atom is 0.258 e. The molecule has 0 saturated carbocycles. The van der Waals surface area contributed by atoms with E-state index in [1.807, 2.05) is 25.3 Å². The van der Waals surface area contributed by atoms with Crippen molar-refractivity contribution in [3.8, 4) is 0 Å². The van der Waals surface area contributed by atoms with Crippen LogP contribution in [0.3, 0.4) is 0 Å². The van der Waals surface area contributed by atoms with Gasteiger partial charge in [-0.3, -0.25) is 9.20 Å². The predicted octanol–water partition coefficient (Wildman–Crippen LogP) is 0.845. The highest BCUT2D eigenvalue weighted by Crippen LogP contribution is 2.13. The van der Waals surface area contributed by atoms with Gasteiger partial charge >= 0.3 is 0 Å². The fourth-order valence-corrected chi connectivity index (χ4v) is 2.62. The van der Waals surface area contributed by atoms with E-state index in [1.54, 1.807) is 10.5 Å². The SMILES string of the molecule is Cc1ccc2nc(CNC3(C)CCNC3)cc(=O)n2c1. The fourth-order valence-electron chi connectivity index (χ4n) is 2.62. The Balaban J connectivity index is 1.85. The number of fused-ring (bicyclic) bond motifs is 1. The van der Waals surface area contributed by atoms with Crippen molar-refractivity contribution < 1.29 is 0 Å². The van der Waals surface area contributed by atoms with Crippen molar-refractivity contribution in [3.05, 3.63) is 46.0 Å². The quantitative estimate of drug-likeness (QED) is 0.869. The molecule has 1 unspecified atom stereocenters. The summed E-state index contributed by atoms with van der Waals surface area (Å²) in [5, 5.41) is 6.85. The van der Waals surface area contributed by atoms with Crippen LogP contribution >= 0.6 is 0 Å². The molecule has 0 aromatic carbocycles. The molecule has 0 amide bonds. The minimum atomic E-state index is -0.0230. The van der Waals surface area contributed by atoms with Crippen molar-refractivity contribution >= 4 is 5.65 Å². The molecule has 106 valence electrons. The van der Waals surface area contributed by atoms with E-state index in [9.17, 15) is 4.79 Å². The van der Waals surface area contributed by atoms with Gasteiger partial charge in [-0.2, -0.15) is 0 Å². The third-order valence-electron chi connectivity index (χ3n) is 3.93. The normalized spacial score (nSPS) is 22.5. The van der Waals surface area contributed by atoms with Gasteiger partial charge in [-0.05, 0) is 38.4 Å². The maximum atomic E-state index is 12.1. The van der Waals surface area contributed by atoms with Crippen LogP contribution in [-0.4, -0.2) is 28.0 Å². The van der Waals surface area contributed by atoms with Crippen molar-refractivity contribution in [3.63, 3.8) is 0 Å². The summed E-state index contributed by atoms with van der Waals surface area (Å²) < 4.78 is 1.59. The lowest BCUT2D eigenvalue weighted by molar-refractivity contribution is 0.383. The Morgan fingerprint density at radius 3 is 3.10 bits per heavy atom. The van der Waals surface area contributed by atoms with E-state index in [1.165, 1.54) is 0 Å². The summed E-state index contributed by atoms with van der Waals surface area (Å²) in [6, 6.07) is 5.48. The first kappa shape index (κ1) is 13.3. The molecule has 5 heteroatoms. The molecular formula is C15H20N4O. The minimum absolute atomic E-state index is 0.0230. The Hall–Kier alpha value is -1.72. The predicted molar refractivity (Wildman–Crippen MR) is 78.9 cm³/mol. The van der Waals surface area contributed by atoms with Crippen LogP contribution in [0.2, 0.25) is 0 Å². The van der Waals surface area contributed by atoms with Crippen molar-refractivity contribution in [1.29, 1.82) is 0 Å². The van der Waals surface area contributed by atoms with Crippen LogP contribution in [0.5, 0.6) is 0 Å². The molecule has 0 bridgehead atoms. The van der Waals surface area contributed by atoms with Gasteiger partial charge in [0.15, 0.2) is 0 Å². The van der Waals surface area contributed by atoms with Crippen molar-refractivity contribution in [2.75, 3.05) is 13.1 Å². The van der Waals surface area contributed by atoms with E-state index in [-0.39, 0.29) is 11.1 Å². The molecule has 2 aromatic heterocycles. The van der Waals surface area contributed by atoms with Gasteiger partial charge < -0.3 is 10.6 Å². The number of aromatic nitrogens is 2. The van der Waals surface area contributed by atoms with Gasteiger partial charge in [-0.25, -0.2) is 4.98 Å². The summed E-state index contributed by atoms with van der Waals surface area (Å²) in [7, 11) is 0. The molecule has 1 saturated heterocycles. The largest absolute Gasteiger partial charge is 0.315 e. The highest BCUT2D eigenvalue weighted by molar-refractivity contribution is 5.39. The highest BCUT2D eigenvalue weighted by atomic mass is 16.1. The van der Waals surface area contributed by atoms with Crippen molar-refractivity contribution in [1.82, 2.24) is 20.0 Å². The lowest BCUT2D eigenvalue weighted by Crippen LogP contribution is -2.43. The summed E-state index contributed by atoms with van der Waals surface area (Å²) in [6.45, 7) is 6.78. The molecule has 5 nitrogen and oxygen atoms in total. The van der Waals surface area contributed by atoms with Gasteiger partial charge in [0, 0.05) is 30.9 Å². The van der Waals surface area contributed by atoms with Crippen LogP contribution in [0.4, 0.5) is 0 Å². The molecule has 0 spiro atoms. The van der Waals surface area contributed by atoms with Crippen LogP contribution < -0.4 is 16.2 Å². The summed E-state index contributed by atoms with van der Waals surface area (Å²) in [5.74, 6) is 0. The Labute approximate surface area is 118 Å². The average molecular weight is 272 g/mol. The monoisotopic (exact) mass is 272 g/mol. The lowest BCUT2D eigenvalue weighted by atomic mass is 10.0. The zero-order valence-corrected chi connectivity index (χ0v) is 11.9. The standard InChI is InChI=1S/C15H20N4O/c1-11-3-4-13-18-12(7-14(20)19(13)9-11)8-17-15(2)5-6-16-10-15/h3-4,7,9,16-17H,5-6,8,10H2,1-2H3. The summed E-state index contributed by atoms with van der Waals surface area (Å²) in [6.07, 6.45) is 2.92. The van der Waals surface area contributed by atoms with Crippen molar-refractivity contribution in [2.24, 2.45) is 0 Å². The number of nitrogens with zero attached hydrogens (tertiary/aromatic N) is 2. The molecular weight excluding hydrogens is 252 g/mol. The molecule has 2 aromatic rings. The second kappa shape index (κ2) is 5.00. The van der Waals surface area contributed by atoms with Gasteiger partial charge in [-0.1, -0.05) is 6.07 Å². The molecule has 1 aliphatic heterocycles. The summed E-state index contributed by atoms with van der Waals surface area (Å²) >= 11 is 0. The minimum Gasteiger partial charge on any atom is -0.315 e. The molecule has 1 fully saturated rings. The molecule has 0 aliphatic carbocycles. The van der Waals surface area contributed by atoms with Gasteiger partial charge in [0.2, 0.25) is 0 Å². The Morgan fingerprint density at radius 1 is 1.50 bits per heavy atom. The lowest BCUT2D eigenvalue weighted by Gasteiger charge is -2.24. The van der Waals surface area contributed by atoms with Crippen molar-refractivity contribution in [2.45, 2.75) is 32.4 Å². The first-order chi connectivity index (χ1) is 9.56. The Bertz CT molecular complexity index is 686. The third kappa shape index (κ3) is 2.59. The molecule has 1 aliphatic rings. The first-order valence-electron chi connectivity index (χ1n) is 7.00. The van der Waals surface area contributed by atoms with Gasteiger partial charge in [-0.15, -0.1) is 0 Å². The number of hydrogen-bond donors (Lipinski definition) is 2. The van der Waals surface area contributed by atoms with E-state index in [4.69, 9.17) is 0 Å². The number of hydrogen-bond acceptors (Lipinski definition) is 4. The fraction of sp³-hybridized carbons (Fsp3) is 0.467. The summed E-state index contributed by atoms with van der Waals surface area (Å²) in [5.41, 5.74) is 2.63. The number of rotatable bonds is 3. The van der Waals surface area contributed by atoms with Gasteiger partial charge in [0.05, 0.1) is 5.69 Å². The van der Waals surface area contributed by atoms with E-state index in [0.717, 1.165) is 30.8 Å². The van der Waals surface area contributed by atoms with Gasteiger partial charge in [0.25, 0.3) is 5.56 Å². The van der Waals surface area contributed by atoms with Gasteiger partial charge in [0.1, 0.15) is 5.65 Å². The zero-order valence-electron chi connectivity index (χ0n) is 11.9. The highest BCUT2D eigenvalue weighted by Gasteiger charge is 2.27. The van der Waals surface area contributed by atoms with Crippen LogP contribution in [-0.2, 0) is 6.54 Å². The Kier molecular flexibility index (Phi) is 3.31. The first-order valence-corrected chi connectivity index (χ1v) is 7.00. The van der Waals surface area contributed by atoms with Crippen LogP contribution in [0.1, 0.15) is 24.6 Å². The van der Waals surface area contributed by atoms with Crippen LogP contribution in [0, 0.1) is 6.92 Å². The summed E-state index contributed by atoms with van der Waals surface area (Å²) in [4.78, 5) is 16.7. The second-order valence-corrected chi connectivity index (χ2v) is 5.86. The molecule has 3 heterocycles. The smallest absolute Gasteiger partial charge is 0.258 e. The van der Waals surface area contributed by atoms with E-state index < -0.39 is 0 Å². The topological polar surface area (TPSA) is 58.4 Å². The molecule has 20 heavy (non-hydrogen) atoms. The number of aryl methyl sites for hydroxylation is 1. The number of nitrogens with one attached hydrogen (secondary N) is 2. The average Bonchev–Trinajstić information content (AvgIpc) is 2.85. The number of pyridine rings is 1. The third-order valence-corrected chi connectivity index (χ3v) is 3.93. The molecule has 1 atom stereocenters. The van der Waals surface area contributed by atoms with E-state index >= 15 is 0 Å². The molecule has 2 N–H and O–H groups in total. The molecule has 0 radical (unpaired) electrons. The van der Waals surface area contributed by atoms with Crippen LogP contribution in [0.25, 0.3) is 5.65 Å². The molecule has 3 rings (SSSR count). The van der Waals surface area contributed by atoms with E-state index in [0.29, 0.717) is 12.2 Å².